The molecular weight excluding hydrogens is 284 g/mol. The van der Waals surface area contributed by atoms with Gasteiger partial charge in [-0.15, -0.1) is 0 Å². The first kappa shape index (κ1) is 16.0. The summed E-state index contributed by atoms with van der Waals surface area (Å²) >= 11 is 0. The molecule has 0 aliphatic carbocycles. The van der Waals surface area contributed by atoms with E-state index in [9.17, 15) is 18.0 Å². The minimum atomic E-state index is -3.51. The van der Waals surface area contributed by atoms with Gasteiger partial charge in [0.2, 0.25) is 5.91 Å². The molecule has 0 radical (unpaired) electrons. The van der Waals surface area contributed by atoms with E-state index in [2.05, 4.69) is 0 Å². The second-order valence-corrected chi connectivity index (χ2v) is 6.46. The number of hydrogen-bond donors (Lipinski definition) is 2. The Morgan fingerprint density at radius 2 is 1.90 bits per heavy atom. The first-order chi connectivity index (χ1) is 9.20. The molecule has 0 bridgehead atoms. The third-order valence-electron chi connectivity index (χ3n) is 2.46. The minimum Gasteiger partial charge on any atom is -0.481 e. The van der Waals surface area contributed by atoms with Crippen molar-refractivity contribution >= 4 is 33.1 Å². The molecule has 1 aromatic carbocycles. The quantitative estimate of drug-likeness (QED) is 0.720. The summed E-state index contributed by atoms with van der Waals surface area (Å²) in [6, 6.07) is 6.39. The molecule has 0 saturated heterocycles. The van der Waals surface area contributed by atoms with Gasteiger partial charge in [0.15, 0.2) is 9.84 Å². The van der Waals surface area contributed by atoms with Gasteiger partial charge in [-0.05, 0) is 12.1 Å². The number of para-hydroxylation sites is 2. The Hall–Kier alpha value is -2.09. The number of nitrogen functional groups attached to an aromatic ring is 1. The predicted molar refractivity (Wildman–Crippen MR) is 75.2 cm³/mol. The fraction of sp³-hybridized carbons (Fsp3) is 0.333. The topological polar surface area (TPSA) is 118 Å². The van der Waals surface area contributed by atoms with E-state index in [0.29, 0.717) is 5.69 Å². The zero-order valence-electron chi connectivity index (χ0n) is 10.9. The highest BCUT2D eigenvalue weighted by Crippen LogP contribution is 2.23. The van der Waals surface area contributed by atoms with Crippen LogP contribution in [-0.2, 0) is 19.4 Å². The van der Waals surface area contributed by atoms with Crippen molar-refractivity contribution in [3.63, 3.8) is 0 Å². The third-order valence-corrected chi connectivity index (χ3v) is 3.23. The number of carbonyl (C=O) groups is 2. The molecule has 0 unspecified atom stereocenters. The van der Waals surface area contributed by atoms with Crippen LogP contribution in [0.4, 0.5) is 11.4 Å². The fourth-order valence-electron chi connectivity index (χ4n) is 1.62. The highest BCUT2D eigenvalue weighted by Gasteiger charge is 2.22. The molecule has 0 aromatic heterocycles. The van der Waals surface area contributed by atoms with Gasteiger partial charge >= 0.3 is 5.97 Å². The van der Waals surface area contributed by atoms with Gasteiger partial charge in [-0.1, -0.05) is 12.1 Å². The van der Waals surface area contributed by atoms with Crippen LogP contribution in [0.5, 0.6) is 0 Å². The predicted octanol–water partition coefficient (Wildman–Crippen LogP) is 0.121. The minimum absolute atomic E-state index is 0.141. The Kier molecular flexibility index (Phi) is 5.09. The van der Waals surface area contributed by atoms with Crippen LogP contribution in [0.2, 0.25) is 0 Å². The number of carbonyl (C=O) groups excluding carboxylic acids is 1. The summed E-state index contributed by atoms with van der Waals surface area (Å²) in [7, 11) is -3.51. The molecule has 8 heteroatoms. The van der Waals surface area contributed by atoms with Crippen molar-refractivity contribution < 1.29 is 23.1 Å². The van der Waals surface area contributed by atoms with Gasteiger partial charge in [0.05, 0.1) is 17.8 Å². The summed E-state index contributed by atoms with van der Waals surface area (Å²) in [5.41, 5.74) is 6.32. The van der Waals surface area contributed by atoms with E-state index in [0.717, 1.165) is 11.2 Å². The SMILES string of the molecule is CS(=O)(=O)CC(=O)N(CCC(=O)O)c1ccccc1N. The van der Waals surface area contributed by atoms with Crippen LogP contribution in [0.15, 0.2) is 24.3 Å². The molecule has 1 aromatic rings. The molecule has 0 aliphatic rings. The second kappa shape index (κ2) is 6.38. The molecule has 110 valence electrons. The lowest BCUT2D eigenvalue weighted by atomic mass is 10.2. The molecule has 0 heterocycles. The van der Waals surface area contributed by atoms with E-state index in [-0.39, 0.29) is 18.7 Å². The van der Waals surface area contributed by atoms with E-state index < -0.39 is 27.5 Å². The normalized spacial score (nSPS) is 11.1. The molecule has 0 spiro atoms. The van der Waals surface area contributed by atoms with Crippen LogP contribution in [0.25, 0.3) is 0 Å². The number of carboxylic acid groups (broad SMARTS) is 1. The van der Waals surface area contributed by atoms with Crippen molar-refractivity contribution in [2.75, 3.05) is 29.2 Å². The first-order valence-corrected chi connectivity index (χ1v) is 7.81. The van der Waals surface area contributed by atoms with Crippen molar-refractivity contribution in [1.82, 2.24) is 0 Å². The Morgan fingerprint density at radius 3 is 2.40 bits per heavy atom. The number of rotatable bonds is 6. The molecule has 1 rings (SSSR count). The number of anilines is 2. The molecule has 7 nitrogen and oxygen atoms in total. The fourth-order valence-corrected chi connectivity index (χ4v) is 2.23. The maximum absolute atomic E-state index is 12.0. The zero-order valence-corrected chi connectivity index (χ0v) is 11.8. The van der Waals surface area contributed by atoms with Crippen molar-refractivity contribution in [2.24, 2.45) is 0 Å². The largest absolute Gasteiger partial charge is 0.481 e. The number of amides is 1. The van der Waals surface area contributed by atoms with Gasteiger partial charge in [-0.2, -0.15) is 0 Å². The first-order valence-electron chi connectivity index (χ1n) is 5.75. The van der Waals surface area contributed by atoms with Gasteiger partial charge in [-0.3, -0.25) is 9.59 Å². The number of nitrogens with zero attached hydrogens (tertiary/aromatic N) is 1. The molecular formula is C12H16N2O5S. The van der Waals surface area contributed by atoms with E-state index in [1.165, 1.54) is 6.07 Å². The number of hydrogen-bond acceptors (Lipinski definition) is 5. The number of aliphatic carboxylic acids is 1. The van der Waals surface area contributed by atoms with Gasteiger partial charge in [0.1, 0.15) is 5.75 Å². The number of carboxylic acids is 1. The van der Waals surface area contributed by atoms with Crippen molar-refractivity contribution in [1.29, 1.82) is 0 Å². The van der Waals surface area contributed by atoms with Crippen molar-refractivity contribution in [3.8, 4) is 0 Å². The van der Waals surface area contributed by atoms with Crippen LogP contribution in [-0.4, -0.2) is 44.0 Å². The smallest absolute Gasteiger partial charge is 0.305 e. The maximum atomic E-state index is 12.0. The number of sulfone groups is 1. The number of nitrogens with two attached hydrogens (primary N) is 1. The molecule has 0 fully saturated rings. The van der Waals surface area contributed by atoms with E-state index >= 15 is 0 Å². The molecule has 0 atom stereocenters. The maximum Gasteiger partial charge on any atom is 0.305 e. The third kappa shape index (κ3) is 4.88. The average Bonchev–Trinajstić information content (AvgIpc) is 2.28. The van der Waals surface area contributed by atoms with Crippen LogP contribution < -0.4 is 10.6 Å². The van der Waals surface area contributed by atoms with Crippen LogP contribution in [0, 0.1) is 0 Å². The highest BCUT2D eigenvalue weighted by atomic mass is 32.2. The van der Waals surface area contributed by atoms with E-state index in [1.807, 2.05) is 0 Å². The van der Waals surface area contributed by atoms with Crippen LogP contribution in [0.3, 0.4) is 0 Å². The molecule has 1 amide bonds. The van der Waals surface area contributed by atoms with Gasteiger partial charge in [-0.25, -0.2) is 8.42 Å². The molecule has 3 N–H and O–H groups in total. The van der Waals surface area contributed by atoms with Crippen molar-refractivity contribution in [2.45, 2.75) is 6.42 Å². The van der Waals surface area contributed by atoms with Gasteiger partial charge in [0, 0.05) is 12.8 Å². The van der Waals surface area contributed by atoms with E-state index in [4.69, 9.17) is 10.8 Å². The molecule has 0 aliphatic heterocycles. The second-order valence-electron chi connectivity index (χ2n) is 4.32. The van der Waals surface area contributed by atoms with Gasteiger partial charge in [0.25, 0.3) is 0 Å². The Morgan fingerprint density at radius 1 is 1.30 bits per heavy atom. The van der Waals surface area contributed by atoms with Crippen LogP contribution in [0.1, 0.15) is 6.42 Å². The average molecular weight is 300 g/mol. The Labute approximate surface area is 116 Å². The molecule has 20 heavy (non-hydrogen) atoms. The van der Waals surface area contributed by atoms with E-state index in [1.54, 1.807) is 18.2 Å². The lowest BCUT2D eigenvalue weighted by Gasteiger charge is -2.23. The Balaban J connectivity index is 3.05. The van der Waals surface area contributed by atoms with Gasteiger partial charge < -0.3 is 15.7 Å². The number of benzene rings is 1. The monoisotopic (exact) mass is 300 g/mol. The summed E-state index contributed by atoms with van der Waals surface area (Å²) in [6.45, 7) is -0.141. The van der Waals surface area contributed by atoms with Crippen LogP contribution >= 0.6 is 0 Å². The standard InChI is InChI=1S/C12H16N2O5S/c1-20(18,19)8-11(15)14(7-6-12(16)17)10-5-3-2-4-9(10)13/h2-5H,6-8,13H2,1H3,(H,16,17). The lowest BCUT2D eigenvalue weighted by molar-refractivity contribution is -0.136. The Bertz CT molecular complexity index is 612. The summed E-state index contributed by atoms with van der Waals surface area (Å²) in [5.74, 6) is -2.48. The zero-order chi connectivity index (χ0) is 15.3. The van der Waals surface area contributed by atoms with Crippen molar-refractivity contribution in [3.05, 3.63) is 24.3 Å². The highest BCUT2D eigenvalue weighted by molar-refractivity contribution is 7.91. The summed E-state index contributed by atoms with van der Waals surface area (Å²) in [4.78, 5) is 23.8. The summed E-state index contributed by atoms with van der Waals surface area (Å²) in [5, 5.41) is 8.71. The summed E-state index contributed by atoms with van der Waals surface area (Å²) < 4.78 is 22.4. The summed E-state index contributed by atoms with van der Waals surface area (Å²) in [6.07, 6.45) is 0.637. The lowest BCUT2D eigenvalue weighted by Crippen LogP contribution is -2.37. The molecule has 0 saturated carbocycles.